The number of hydrogen-bond donors (Lipinski definition) is 1. The molecule has 0 radical (unpaired) electrons. The number of anilines is 2. The summed E-state index contributed by atoms with van der Waals surface area (Å²) in [4.78, 5) is 20.8. The second kappa shape index (κ2) is 6.29. The average molecular weight is 276 g/mol. The molecule has 2 N–H and O–H groups in total. The highest BCUT2D eigenvalue weighted by Crippen LogP contribution is 2.10. The van der Waals surface area contributed by atoms with Crippen LogP contribution in [0.4, 0.5) is 11.9 Å². The van der Waals surface area contributed by atoms with Gasteiger partial charge in [-0.2, -0.15) is 15.0 Å². The van der Waals surface area contributed by atoms with Gasteiger partial charge in [-0.1, -0.05) is 0 Å². The monoisotopic (exact) mass is 276 g/mol. The van der Waals surface area contributed by atoms with Crippen LogP contribution in [-0.4, -0.2) is 63.6 Å². The molecule has 0 amide bonds. The number of nitrogens with two attached hydrogens (primary N) is 1. The van der Waals surface area contributed by atoms with Crippen LogP contribution in [0.1, 0.15) is 6.42 Å². The van der Waals surface area contributed by atoms with Crippen molar-refractivity contribution < 1.29 is 0 Å². The zero-order valence-corrected chi connectivity index (χ0v) is 12.1. The van der Waals surface area contributed by atoms with Crippen LogP contribution in [0.5, 0.6) is 0 Å². The van der Waals surface area contributed by atoms with Gasteiger partial charge in [0, 0.05) is 26.0 Å². The van der Waals surface area contributed by atoms with E-state index in [0.29, 0.717) is 11.9 Å². The maximum atomic E-state index is 5.75. The van der Waals surface area contributed by atoms with Gasteiger partial charge in [-0.3, -0.25) is 4.57 Å². The van der Waals surface area contributed by atoms with Gasteiger partial charge >= 0.3 is 0 Å². The molecule has 20 heavy (non-hydrogen) atoms. The molecule has 0 bridgehead atoms. The second-order valence-corrected chi connectivity index (χ2v) is 4.84. The zero-order valence-electron chi connectivity index (χ0n) is 12.1. The van der Waals surface area contributed by atoms with Gasteiger partial charge in [0.15, 0.2) is 0 Å². The zero-order chi connectivity index (χ0) is 14.5. The summed E-state index contributed by atoms with van der Waals surface area (Å²) in [5.41, 5.74) is 5.75. The van der Waals surface area contributed by atoms with E-state index < -0.39 is 0 Å². The number of hydrogen-bond acceptors (Lipinski definition) is 7. The van der Waals surface area contributed by atoms with Crippen molar-refractivity contribution in [3.05, 3.63) is 18.7 Å². The summed E-state index contributed by atoms with van der Waals surface area (Å²) in [7, 11) is 6.05. The van der Waals surface area contributed by atoms with E-state index >= 15 is 0 Å². The minimum absolute atomic E-state index is 0.207. The number of rotatable bonds is 6. The van der Waals surface area contributed by atoms with Crippen LogP contribution in [0.25, 0.3) is 5.95 Å². The van der Waals surface area contributed by atoms with Gasteiger partial charge in [-0.25, -0.2) is 4.98 Å². The van der Waals surface area contributed by atoms with Gasteiger partial charge in [-0.15, -0.1) is 0 Å². The Labute approximate surface area is 118 Å². The molecule has 0 fully saturated rings. The third-order valence-electron chi connectivity index (χ3n) is 2.80. The van der Waals surface area contributed by atoms with Crippen molar-refractivity contribution in [1.29, 1.82) is 0 Å². The van der Waals surface area contributed by atoms with E-state index in [1.54, 1.807) is 23.3 Å². The SMILES string of the molecule is CN(C)CCCN(C)c1nc(N)nc(-n2ccnc2)n1. The molecule has 2 heterocycles. The van der Waals surface area contributed by atoms with Crippen LogP contribution in [0.15, 0.2) is 18.7 Å². The van der Waals surface area contributed by atoms with E-state index in [1.165, 1.54) is 0 Å². The van der Waals surface area contributed by atoms with Gasteiger partial charge in [0.25, 0.3) is 0 Å². The van der Waals surface area contributed by atoms with Gasteiger partial charge in [0.05, 0.1) is 0 Å². The summed E-state index contributed by atoms with van der Waals surface area (Å²) >= 11 is 0. The highest BCUT2D eigenvalue weighted by Gasteiger charge is 2.10. The fourth-order valence-corrected chi connectivity index (χ4v) is 1.76. The molecule has 2 aromatic heterocycles. The van der Waals surface area contributed by atoms with Crippen molar-refractivity contribution in [2.75, 3.05) is 44.9 Å². The molecule has 0 aliphatic rings. The standard InChI is InChI=1S/C12H20N8/c1-18(2)6-4-7-19(3)11-15-10(13)16-12(17-11)20-8-5-14-9-20/h5,8-9H,4,6-7H2,1-3H3,(H2,13,15,16,17). The van der Waals surface area contributed by atoms with Gasteiger partial charge < -0.3 is 15.5 Å². The largest absolute Gasteiger partial charge is 0.368 e. The Bertz CT molecular complexity index is 536. The molecule has 0 aliphatic heterocycles. The second-order valence-electron chi connectivity index (χ2n) is 4.84. The molecule has 0 unspecified atom stereocenters. The number of nitrogens with zero attached hydrogens (tertiary/aromatic N) is 7. The van der Waals surface area contributed by atoms with Crippen molar-refractivity contribution >= 4 is 11.9 Å². The van der Waals surface area contributed by atoms with Crippen LogP contribution in [-0.2, 0) is 0 Å². The lowest BCUT2D eigenvalue weighted by Gasteiger charge is -2.18. The molecule has 0 saturated carbocycles. The quantitative estimate of drug-likeness (QED) is 0.796. The third-order valence-corrected chi connectivity index (χ3v) is 2.80. The predicted octanol–water partition coefficient (Wildman–Crippen LogP) is 0.0274. The molecule has 0 saturated heterocycles. The van der Waals surface area contributed by atoms with Crippen LogP contribution in [0.3, 0.4) is 0 Å². The Hall–Kier alpha value is -2.22. The van der Waals surface area contributed by atoms with Crippen LogP contribution in [0, 0.1) is 0 Å². The van der Waals surface area contributed by atoms with Crippen LogP contribution >= 0.6 is 0 Å². The molecular weight excluding hydrogens is 256 g/mol. The third kappa shape index (κ3) is 3.64. The lowest BCUT2D eigenvalue weighted by molar-refractivity contribution is 0.401. The Balaban J connectivity index is 2.11. The van der Waals surface area contributed by atoms with Crippen molar-refractivity contribution in [2.24, 2.45) is 0 Å². The lowest BCUT2D eigenvalue weighted by Crippen LogP contribution is -2.25. The van der Waals surface area contributed by atoms with Crippen molar-refractivity contribution in [2.45, 2.75) is 6.42 Å². The Kier molecular flexibility index (Phi) is 4.46. The first-order valence-electron chi connectivity index (χ1n) is 6.42. The minimum atomic E-state index is 0.207. The lowest BCUT2D eigenvalue weighted by atomic mass is 10.4. The summed E-state index contributed by atoms with van der Waals surface area (Å²) < 4.78 is 1.70. The van der Waals surface area contributed by atoms with E-state index in [4.69, 9.17) is 5.73 Å². The normalized spacial score (nSPS) is 11.0. The molecule has 0 aliphatic carbocycles. The maximum absolute atomic E-state index is 5.75. The van der Waals surface area contributed by atoms with E-state index in [2.05, 4.69) is 38.9 Å². The highest BCUT2D eigenvalue weighted by atomic mass is 15.3. The first-order chi connectivity index (χ1) is 9.56. The molecule has 2 rings (SSSR count). The summed E-state index contributed by atoms with van der Waals surface area (Å²) in [5, 5.41) is 0. The fourth-order valence-electron chi connectivity index (χ4n) is 1.76. The molecule has 0 aromatic carbocycles. The summed E-state index contributed by atoms with van der Waals surface area (Å²) in [6.45, 7) is 1.87. The van der Waals surface area contributed by atoms with E-state index in [1.807, 2.05) is 11.9 Å². The van der Waals surface area contributed by atoms with Crippen molar-refractivity contribution in [3.63, 3.8) is 0 Å². The van der Waals surface area contributed by atoms with Gasteiger partial charge in [-0.05, 0) is 27.1 Å². The van der Waals surface area contributed by atoms with Gasteiger partial charge in [0.1, 0.15) is 6.33 Å². The van der Waals surface area contributed by atoms with Crippen molar-refractivity contribution in [3.8, 4) is 5.95 Å². The topological polar surface area (TPSA) is 89.0 Å². The molecule has 0 atom stereocenters. The summed E-state index contributed by atoms with van der Waals surface area (Å²) in [5.74, 6) is 1.25. The van der Waals surface area contributed by atoms with E-state index in [-0.39, 0.29) is 5.95 Å². The van der Waals surface area contributed by atoms with Gasteiger partial charge in [0.2, 0.25) is 17.8 Å². The molecule has 8 heteroatoms. The van der Waals surface area contributed by atoms with E-state index in [0.717, 1.165) is 19.5 Å². The van der Waals surface area contributed by atoms with Crippen LogP contribution in [0.2, 0.25) is 0 Å². The number of nitrogen functional groups attached to an aromatic ring is 1. The Morgan fingerprint density at radius 2 is 1.95 bits per heavy atom. The van der Waals surface area contributed by atoms with Crippen LogP contribution < -0.4 is 10.6 Å². The molecule has 8 nitrogen and oxygen atoms in total. The smallest absolute Gasteiger partial charge is 0.241 e. The maximum Gasteiger partial charge on any atom is 0.241 e. The number of aromatic nitrogens is 5. The first-order valence-corrected chi connectivity index (χ1v) is 6.42. The number of imidazole rings is 1. The fraction of sp³-hybridized carbons (Fsp3) is 0.500. The molecule has 0 spiro atoms. The highest BCUT2D eigenvalue weighted by molar-refractivity contribution is 5.37. The minimum Gasteiger partial charge on any atom is -0.368 e. The Morgan fingerprint density at radius 1 is 1.15 bits per heavy atom. The van der Waals surface area contributed by atoms with Crippen molar-refractivity contribution in [1.82, 2.24) is 29.4 Å². The molecule has 108 valence electrons. The van der Waals surface area contributed by atoms with E-state index in [9.17, 15) is 0 Å². The summed E-state index contributed by atoms with van der Waals surface area (Å²) in [6.07, 6.45) is 6.09. The average Bonchev–Trinajstić information content (AvgIpc) is 2.91. The molecule has 2 aromatic rings. The predicted molar refractivity (Wildman–Crippen MR) is 77.8 cm³/mol. The first kappa shape index (κ1) is 14.2. The summed E-state index contributed by atoms with van der Waals surface area (Å²) in [6, 6.07) is 0. The Morgan fingerprint density at radius 3 is 2.60 bits per heavy atom. The molecular formula is C12H20N8.